The summed E-state index contributed by atoms with van der Waals surface area (Å²) in [7, 11) is 0. The van der Waals surface area contributed by atoms with Crippen LogP contribution in [0, 0.1) is 0 Å². The molecule has 2 fully saturated rings. The van der Waals surface area contributed by atoms with Crippen LogP contribution < -0.4 is 0 Å². The average Bonchev–Trinajstić information content (AvgIpc) is 2.83. The molecule has 0 radical (unpaired) electrons. The molecule has 2 aliphatic heterocycles. The molecule has 96 valence electrons. The Balaban J connectivity index is 1.68. The summed E-state index contributed by atoms with van der Waals surface area (Å²) in [6, 6.07) is 8.73. The van der Waals surface area contributed by atoms with Crippen molar-refractivity contribution in [2.45, 2.75) is 31.0 Å². The molecule has 2 aliphatic rings. The van der Waals surface area contributed by atoms with E-state index >= 15 is 0 Å². The lowest BCUT2D eigenvalue weighted by molar-refractivity contribution is -0.182. The van der Waals surface area contributed by atoms with E-state index in [0.29, 0.717) is 18.6 Å². The number of esters is 1. The van der Waals surface area contributed by atoms with Crippen molar-refractivity contribution in [3.8, 4) is 0 Å². The molecule has 5 nitrogen and oxygen atoms in total. The first-order valence-electron chi connectivity index (χ1n) is 5.95. The number of rotatable bonds is 2. The van der Waals surface area contributed by atoms with Gasteiger partial charge in [-0.2, -0.15) is 0 Å². The third-order valence-electron chi connectivity index (χ3n) is 3.21. The Morgan fingerprint density at radius 1 is 1.33 bits per heavy atom. The smallest absolute Gasteiger partial charge is 0.338 e. The predicted molar refractivity (Wildman–Crippen MR) is 60.9 cm³/mol. The van der Waals surface area contributed by atoms with Crippen molar-refractivity contribution in [2.24, 2.45) is 0 Å². The number of hydrogen-bond acceptors (Lipinski definition) is 5. The monoisotopic (exact) mass is 250 g/mol. The van der Waals surface area contributed by atoms with Gasteiger partial charge in [-0.25, -0.2) is 4.79 Å². The van der Waals surface area contributed by atoms with Crippen molar-refractivity contribution in [1.29, 1.82) is 0 Å². The van der Waals surface area contributed by atoms with Gasteiger partial charge in [0.2, 0.25) is 0 Å². The molecule has 0 unspecified atom stereocenters. The van der Waals surface area contributed by atoms with Gasteiger partial charge < -0.3 is 19.3 Å². The van der Waals surface area contributed by atoms with E-state index in [-0.39, 0.29) is 6.10 Å². The molecule has 0 saturated carbocycles. The zero-order chi connectivity index (χ0) is 12.5. The van der Waals surface area contributed by atoms with Crippen LogP contribution in [0.2, 0.25) is 0 Å². The highest BCUT2D eigenvalue weighted by molar-refractivity contribution is 5.89. The van der Waals surface area contributed by atoms with Crippen molar-refractivity contribution >= 4 is 5.97 Å². The highest BCUT2D eigenvalue weighted by Crippen LogP contribution is 2.29. The lowest BCUT2D eigenvalue weighted by atomic mass is 10.0. The summed E-state index contributed by atoms with van der Waals surface area (Å²) in [6.07, 6.45) is -1.68. The Hall–Kier alpha value is -1.43. The van der Waals surface area contributed by atoms with Gasteiger partial charge in [0.1, 0.15) is 6.10 Å². The lowest BCUT2D eigenvalue weighted by Crippen LogP contribution is -2.44. The molecule has 18 heavy (non-hydrogen) atoms. The number of aliphatic hydroxyl groups excluding tert-OH is 1. The van der Waals surface area contributed by atoms with E-state index in [1.54, 1.807) is 24.3 Å². The van der Waals surface area contributed by atoms with Crippen LogP contribution in [0.15, 0.2) is 30.3 Å². The second-order valence-corrected chi connectivity index (χ2v) is 4.49. The summed E-state index contributed by atoms with van der Waals surface area (Å²) in [5.41, 5.74) is 0.479. The van der Waals surface area contributed by atoms with E-state index in [1.165, 1.54) is 0 Å². The topological polar surface area (TPSA) is 65.0 Å². The van der Waals surface area contributed by atoms with Crippen LogP contribution in [-0.4, -0.2) is 42.3 Å². The van der Waals surface area contributed by atoms with Crippen LogP contribution >= 0.6 is 0 Å². The first-order valence-corrected chi connectivity index (χ1v) is 5.95. The second-order valence-electron chi connectivity index (χ2n) is 4.49. The Morgan fingerprint density at radius 2 is 2.11 bits per heavy atom. The van der Waals surface area contributed by atoms with E-state index in [1.807, 2.05) is 6.07 Å². The minimum atomic E-state index is -0.641. The number of carbonyl (C=O) groups is 1. The van der Waals surface area contributed by atoms with Crippen LogP contribution in [0.1, 0.15) is 16.8 Å². The summed E-state index contributed by atoms with van der Waals surface area (Å²) in [5, 5.41) is 9.75. The van der Waals surface area contributed by atoms with Gasteiger partial charge in [-0.15, -0.1) is 0 Å². The van der Waals surface area contributed by atoms with Crippen LogP contribution in [-0.2, 0) is 14.2 Å². The van der Waals surface area contributed by atoms with Gasteiger partial charge in [0.05, 0.1) is 18.3 Å². The van der Waals surface area contributed by atoms with Gasteiger partial charge in [0, 0.05) is 6.42 Å². The summed E-state index contributed by atoms with van der Waals surface area (Å²) in [6.45, 7) is 0.352. The van der Waals surface area contributed by atoms with Crippen molar-refractivity contribution in [3.05, 3.63) is 35.9 Å². The third kappa shape index (κ3) is 2.12. The standard InChI is InChI=1S/C13H14O5/c14-9-6-10(13-16-7-11(9)18-13)17-12(15)8-4-2-1-3-5-8/h1-5,9-11,13-14H,6-7H2/t9-,10+,11+,13-/m1/s1. The maximum absolute atomic E-state index is 11.9. The molecule has 1 N–H and O–H groups in total. The predicted octanol–water partition coefficient (Wildman–Crippen LogP) is 0.718. The highest BCUT2D eigenvalue weighted by atomic mass is 16.7. The molecule has 1 aromatic carbocycles. The maximum atomic E-state index is 11.9. The van der Waals surface area contributed by atoms with E-state index < -0.39 is 24.5 Å². The minimum absolute atomic E-state index is 0.290. The fraction of sp³-hybridized carbons (Fsp3) is 0.462. The second kappa shape index (κ2) is 4.68. The van der Waals surface area contributed by atoms with Crippen LogP contribution in [0.25, 0.3) is 0 Å². The molecule has 1 aromatic rings. The summed E-state index contributed by atoms with van der Waals surface area (Å²) in [5.74, 6) is -0.426. The number of carbonyl (C=O) groups excluding carboxylic acids is 1. The van der Waals surface area contributed by atoms with Gasteiger partial charge in [-0.1, -0.05) is 18.2 Å². The fourth-order valence-electron chi connectivity index (χ4n) is 2.22. The number of fused-ring (bicyclic) bond motifs is 2. The Bertz CT molecular complexity index is 432. The van der Waals surface area contributed by atoms with Gasteiger partial charge in [0.15, 0.2) is 12.4 Å². The Labute approximate surface area is 104 Å². The summed E-state index contributed by atoms with van der Waals surface area (Å²) < 4.78 is 16.1. The number of hydrogen-bond donors (Lipinski definition) is 1. The fourth-order valence-corrected chi connectivity index (χ4v) is 2.22. The minimum Gasteiger partial charge on any atom is -0.453 e. The van der Waals surface area contributed by atoms with Crippen LogP contribution in [0.4, 0.5) is 0 Å². The van der Waals surface area contributed by atoms with Gasteiger partial charge >= 0.3 is 5.97 Å². The first-order chi connectivity index (χ1) is 8.74. The highest BCUT2D eigenvalue weighted by Gasteiger charge is 2.45. The van der Waals surface area contributed by atoms with Crippen molar-refractivity contribution < 1.29 is 24.1 Å². The molecular weight excluding hydrogens is 236 g/mol. The third-order valence-corrected chi connectivity index (χ3v) is 3.21. The molecule has 5 heteroatoms. The summed E-state index contributed by atoms with van der Waals surface area (Å²) in [4.78, 5) is 11.9. The van der Waals surface area contributed by atoms with Crippen molar-refractivity contribution in [1.82, 2.24) is 0 Å². The van der Waals surface area contributed by atoms with Crippen molar-refractivity contribution in [3.63, 3.8) is 0 Å². The Kier molecular flexibility index (Phi) is 3.03. The molecule has 3 rings (SSSR count). The van der Waals surface area contributed by atoms with Crippen LogP contribution in [0.5, 0.6) is 0 Å². The number of benzene rings is 1. The zero-order valence-electron chi connectivity index (χ0n) is 9.69. The normalized spacial score (nSPS) is 34.3. The lowest BCUT2D eigenvalue weighted by Gasteiger charge is -2.30. The van der Waals surface area contributed by atoms with Gasteiger partial charge in [0.25, 0.3) is 0 Å². The largest absolute Gasteiger partial charge is 0.453 e. The Morgan fingerprint density at radius 3 is 2.89 bits per heavy atom. The maximum Gasteiger partial charge on any atom is 0.338 e. The van der Waals surface area contributed by atoms with E-state index in [9.17, 15) is 9.90 Å². The van der Waals surface area contributed by atoms with E-state index in [2.05, 4.69) is 0 Å². The molecular formula is C13H14O5. The quantitative estimate of drug-likeness (QED) is 0.783. The molecule has 2 bridgehead atoms. The average molecular weight is 250 g/mol. The van der Waals surface area contributed by atoms with E-state index in [0.717, 1.165) is 0 Å². The van der Waals surface area contributed by atoms with Crippen molar-refractivity contribution in [2.75, 3.05) is 6.61 Å². The molecule has 2 saturated heterocycles. The molecule has 0 spiro atoms. The van der Waals surface area contributed by atoms with Gasteiger partial charge in [-0.05, 0) is 12.1 Å². The van der Waals surface area contributed by atoms with E-state index in [4.69, 9.17) is 14.2 Å². The zero-order valence-corrected chi connectivity index (χ0v) is 9.69. The molecule has 0 aliphatic carbocycles. The summed E-state index contributed by atoms with van der Waals surface area (Å²) >= 11 is 0. The molecule has 0 amide bonds. The number of ether oxygens (including phenoxy) is 3. The first kappa shape index (κ1) is 11.6. The molecule has 4 atom stereocenters. The number of aliphatic hydroxyl groups is 1. The molecule has 2 heterocycles. The van der Waals surface area contributed by atoms with Gasteiger partial charge in [-0.3, -0.25) is 0 Å². The van der Waals surface area contributed by atoms with Crippen LogP contribution in [0.3, 0.4) is 0 Å². The molecule has 0 aromatic heterocycles. The SMILES string of the molecule is O=C(O[C@H]1C[C@@H](O)[C@@H]2CO[C@@H]1O2)c1ccccc1.